The molecule has 0 unspecified atom stereocenters. The highest BCUT2D eigenvalue weighted by molar-refractivity contribution is 7.80. The number of hydrogen-bond donors (Lipinski definition) is 3. The summed E-state index contributed by atoms with van der Waals surface area (Å²) in [6, 6.07) is 15.9. The van der Waals surface area contributed by atoms with Crippen LogP contribution in [0, 0.1) is 20.8 Å². The molecule has 2 aromatic carbocycles. The number of thiophene rings is 2. The Morgan fingerprint density at radius 2 is 1.44 bits per heavy atom. The van der Waals surface area contributed by atoms with Crippen molar-refractivity contribution in [2.75, 3.05) is 5.32 Å². The second kappa shape index (κ2) is 11.1. The Labute approximate surface area is 256 Å². The van der Waals surface area contributed by atoms with Crippen LogP contribution in [0.3, 0.4) is 0 Å². The van der Waals surface area contributed by atoms with E-state index in [1.165, 1.54) is 50.4 Å². The highest BCUT2D eigenvalue weighted by atomic mass is 32.1. The lowest BCUT2D eigenvalue weighted by molar-refractivity contribution is -0.254. The first kappa shape index (κ1) is 30.8. The maximum Gasteiger partial charge on any atom is 0.380 e. The predicted molar refractivity (Wildman–Crippen MR) is 165 cm³/mol. The number of thiocarbonyl (C=S) groups is 1. The molecule has 2 aromatic heterocycles. The molecule has 0 amide bonds. The number of benzene rings is 2. The number of anilines is 1. The van der Waals surface area contributed by atoms with Crippen molar-refractivity contribution in [2.24, 2.45) is 5.10 Å². The Hall–Kier alpha value is -3.68. The average Bonchev–Trinajstić information content (AvgIpc) is 3.50. The topological polar surface area (TPSA) is 56.7 Å². The summed E-state index contributed by atoms with van der Waals surface area (Å²) in [7, 11) is 0. The monoisotopic (exact) mass is 651 g/mol. The summed E-state index contributed by atoms with van der Waals surface area (Å²) in [5.74, 6) is -16.0. The van der Waals surface area contributed by atoms with E-state index in [4.69, 9.17) is 12.2 Å². The van der Waals surface area contributed by atoms with E-state index in [0.717, 1.165) is 28.4 Å². The van der Waals surface area contributed by atoms with Gasteiger partial charge in [-0.25, -0.2) is 0 Å². The van der Waals surface area contributed by atoms with Crippen molar-refractivity contribution in [3.63, 3.8) is 0 Å². The van der Waals surface area contributed by atoms with E-state index in [1.54, 1.807) is 19.1 Å². The van der Waals surface area contributed by atoms with Gasteiger partial charge in [0.2, 0.25) is 0 Å². The van der Waals surface area contributed by atoms with Crippen molar-refractivity contribution in [1.29, 1.82) is 0 Å². The lowest BCUT2D eigenvalue weighted by Crippen LogP contribution is -2.48. The lowest BCUT2D eigenvalue weighted by atomic mass is 9.94. The number of phenols is 1. The number of hydrazone groups is 1. The molecule has 3 N–H and O–H groups in total. The van der Waals surface area contributed by atoms with Crippen LogP contribution in [0.25, 0.3) is 21.6 Å². The van der Waals surface area contributed by atoms with Crippen LogP contribution in [-0.4, -0.2) is 34.2 Å². The lowest BCUT2D eigenvalue weighted by Gasteiger charge is -2.25. The minimum Gasteiger partial charge on any atom is -0.507 e. The third-order valence-corrected chi connectivity index (χ3v) is 9.14. The molecule has 0 saturated carbocycles. The van der Waals surface area contributed by atoms with Gasteiger partial charge in [-0.05, 0) is 92.1 Å². The van der Waals surface area contributed by atoms with E-state index in [0.29, 0.717) is 15.3 Å². The number of aromatic hydroxyl groups is 1. The number of aryl methyl sites for hydroxylation is 3. The molecule has 1 aliphatic carbocycles. The van der Waals surface area contributed by atoms with Crippen molar-refractivity contribution in [2.45, 2.75) is 38.5 Å². The van der Waals surface area contributed by atoms with Crippen molar-refractivity contribution in [3.8, 4) is 16.2 Å². The van der Waals surface area contributed by atoms with Gasteiger partial charge in [-0.15, -0.1) is 22.7 Å². The number of nitrogens with one attached hydrogen (secondary N) is 2. The quantitative estimate of drug-likeness (QED) is 0.0842. The number of phenolic OH excluding ortho intramolecular Hbond substituents is 1. The largest absolute Gasteiger partial charge is 0.507 e. The van der Waals surface area contributed by atoms with Gasteiger partial charge >= 0.3 is 17.8 Å². The van der Waals surface area contributed by atoms with Gasteiger partial charge in [-0.2, -0.15) is 31.4 Å². The number of halogens is 6. The molecule has 2 heterocycles. The number of hydrogen-bond acceptors (Lipinski definition) is 5. The molecule has 0 fully saturated rings. The van der Waals surface area contributed by atoms with Crippen molar-refractivity contribution in [3.05, 3.63) is 92.0 Å². The first-order chi connectivity index (χ1) is 20.1. The molecule has 0 spiro atoms. The van der Waals surface area contributed by atoms with Crippen molar-refractivity contribution < 1.29 is 31.4 Å². The second-order valence-electron chi connectivity index (χ2n) is 9.84. The molecule has 4 aromatic rings. The smallest absolute Gasteiger partial charge is 0.380 e. The Morgan fingerprint density at radius 1 is 0.837 bits per heavy atom. The first-order valence-corrected chi connectivity index (χ1v) is 14.7. The van der Waals surface area contributed by atoms with E-state index >= 15 is 17.6 Å². The fourth-order valence-electron chi connectivity index (χ4n) is 4.84. The molecule has 0 saturated heterocycles. The van der Waals surface area contributed by atoms with E-state index < -0.39 is 28.9 Å². The van der Waals surface area contributed by atoms with Gasteiger partial charge in [0.25, 0.3) is 0 Å². The van der Waals surface area contributed by atoms with Crippen LogP contribution in [0.1, 0.15) is 31.3 Å². The Balaban J connectivity index is 1.51. The van der Waals surface area contributed by atoms with Crippen LogP contribution in [-0.2, 0) is 0 Å². The Bertz CT molecular complexity index is 1780. The van der Waals surface area contributed by atoms with Gasteiger partial charge < -0.3 is 10.4 Å². The zero-order valence-electron chi connectivity index (χ0n) is 22.7. The number of nitrogens with zero attached hydrogens (tertiary/aromatic N) is 1. The van der Waals surface area contributed by atoms with Gasteiger partial charge in [-0.1, -0.05) is 18.2 Å². The van der Waals surface area contributed by atoms with E-state index in [2.05, 4.69) is 15.8 Å². The SMILES string of the molecule is Cc1cc(C2=C(c3cc(-c4ccc(O)c(/C=N/NC(=S)Nc5ccccc5)c4)sc3C)C(F)(F)C(F)(F)C2(F)F)c(C)s1. The van der Waals surface area contributed by atoms with Crippen LogP contribution >= 0.6 is 34.9 Å². The fourth-order valence-corrected chi connectivity index (χ4v) is 6.96. The first-order valence-electron chi connectivity index (χ1n) is 12.7. The maximum absolute atomic E-state index is 15.3. The third kappa shape index (κ3) is 5.34. The predicted octanol–water partition coefficient (Wildman–Crippen LogP) is 9.26. The Morgan fingerprint density at radius 3 is 2.05 bits per heavy atom. The summed E-state index contributed by atoms with van der Waals surface area (Å²) in [4.78, 5) is 1.26. The number of alkyl halides is 6. The molecule has 0 aliphatic heterocycles. The van der Waals surface area contributed by atoms with Gasteiger partial charge in [0, 0.05) is 41.9 Å². The molecule has 43 heavy (non-hydrogen) atoms. The van der Waals surface area contributed by atoms with Gasteiger partial charge in [0.1, 0.15) is 5.75 Å². The maximum atomic E-state index is 15.3. The summed E-state index contributed by atoms with van der Waals surface area (Å²) >= 11 is 7.24. The molecule has 0 radical (unpaired) electrons. The third-order valence-electron chi connectivity index (χ3n) is 6.88. The van der Waals surface area contributed by atoms with Gasteiger partial charge in [0.15, 0.2) is 5.11 Å². The molecule has 1 aliphatic rings. The standard InChI is InChI=1S/C30H23F6N3OS3/c1-15-11-21(16(2)42-15)25-26(29(33,34)30(35,36)28(25,31)32)22-13-24(43-17(22)3)18-9-10-23(40)19(12-18)14-37-39-27(41)38-20-7-5-4-6-8-20/h4-14,40H,1-3H3,(H2,38,39,41)/b37-14+. The summed E-state index contributed by atoms with van der Waals surface area (Å²) in [6.07, 6.45) is 1.29. The van der Waals surface area contributed by atoms with Crippen molar-refractivity contribution >= 4 is 63.1 Å². The fraction of sp³-hybridized carbons (Fsp3) is 0.200. The number of para-hydroxylation sites is 1. The minimum atomic E-state index is -5.63. The minimum absolute atomic E-state index is 0.153. The van der Waals surface area contributed by atoms with Crippen LogP contribution in [0.2, 0.25) is 0 Å². The zero-order chi connectivity index (χ0) is 31.3. The number of rotatable bonds is 6. The highest BCUT2D eigenvalue weighted by Crippen LogP contribution is 2.66. The molecule has 0 atom stereocenters. The summed E-state index contributed by atoms with van der Waals surface area (Å²) in [5, 5.41) is 17.5. The van der Waals surface area contributed by atoms with Crippen LogP contribution in [0.5, 0.6) is 5.75 Å². The van der Waals surface area contributed by atoms with E-state index in [9.17, 15) is 13.9 Å². The van der Waals surface area contributed by atoms with Crippen molar-refractivity contribution in [1.82, 2.24) is 5.43 Å². The second-order valence-corrected chi connectivity index (χ2v) is 13.0. The molecular formula is C30H23F6N3OS3. The normalized spacial score (nSPS) is 17.0. The van der Waals surface area contributed by atoms with E-state index in [1.807, 2.05) is 18.2 Å². The summed E-state index contributed by atoms with van der Waals surface area (Å²) < 4.78 is 90.6. The molecule has 13 heteroatoms. The van der Waals surface area contributed by atoms with E-state index in [-0.39, 0.29) is 37.3 Å². The van der Waals surface area contributed by atoms with Crippen LogP contribution in [0.4, 0.5) is 32.0 Å². The zero-order valence-corrected chi connectivity index (χ0v) is 25.2. The molecule has 4 nitrogen and oxygen atoms in total. The summed E-state index contributed by atoms with van der Waals surface area (Å²) in [5.41, 5.74) is 0.558. The molecule has 5 rings (SSSR count). The van der Waals surface area contributed by atoms with Crippen LogP contribution < -0.4 is 10.7 Å². The van der Waals surface area contributed by atoms with Gasteiger partial charge in [0.05, 0.1) is 6.21 Å². The molecule has 0 bridgehead atoms. The summed E-state index contributed by atoms with van der Waals surface area (Å²) in [6.45, 7) is 4.44. The Kier molecular flexibility index (Phi) is 7.95. The number of allylic oxidation sites excluding steroid dienone is 2. The van der Waals surface area contributed by atoms with Gasteiger partial charge in [-0.3, -0.25) is 5.43 Å². The van der Waals surface area contributed by atoms with Crippen LogP contribution in [0.15, 0.2) is 65.8 Å². The molecule has 224 valence electrons. The molecular weight excluding hydrogens is 629 g/mol. The highest BCUT2D eigenvalue weighted by Gasteiger charge is 2.80. The average molecular weight is 652 g/mol.